The third-order valence-corrected chi connectivity index (χ3v) is 4.75. The Kier molecular flexibility index (Phi) is 6.54. The monoisotopic (exact) mass is 273 g/mol. The van der Waals surface area contributed by atoms with Crippen molar-refractivity contribution in [1.82, 2.24) is 4.90 Å². The van der Waals surface area contributed by atoms with Crippen LogP contribution in [0.5, 0.6) is 0 Å². The highest BCUT2D eigenvalue weighted by Crippen LogP contribution is 2.23. The Balaban J connectivity index is 2.51. The molecule has 1 fully saturated rings. The molecule has 1 aliphatic rings. The lowest BCUT2D eigenvalue weighted by Gasteiger charge is -2.25. The Morgan fingerprint density at radius 3 is 2.22 bits per heavy atom. The van der Waals surface area contributed by atoms with E-state index in [4.69, 9.17) is 5.11 Å². The summed E-state index contributed by atoms with van der Waals surface area (Å²) in [6.45, 7) is 5.32. The number of thioether (sulfide) groups is 1. The molecule has 1 heterocycles. The molecule has 1 aliphatic heterocycles. The number of carboxylic acid groups (broad SMARTS) is 1. The lowest BCUT2D eigenvalue weighted by molar-refractivity contribution is -0.136. The van der Waals surface area contributed by atoms with Crippen LogP contribution in [0.25, 0.3) is 0 Å². The molecular formula is C13H23NO3S. The molecule has 2 atom stereocenters. The van der Waals surface area contributed by atoms with E-state index < -0.39 is 11.2 Å². The van der Waals surface area contributed by atoms with E-state index in [1.165, 1.54) is 24.6 Å². The Morgan fingerprint density at radius 1 is 1.22 bits per heavy atom. The van der Waals surface area contributed by atoms with Crippen LogP contribution in [0.1, 0.15) is 46.0 Å². The Bertz CT molecular complexity index is 288. The number of hydrogen-bond acceptors (Lipinski definition) is 3. The van der Waals surface area contributed by atoms with Crippen LogP contribution in [0.2, 0.25) is 0 Å². The van der Waals surface area contributed by atoms with Crippen LogP contribution >= 0.6 is 11.8 Å². The Morgan fingerprint density at radius 2 is 1.78 bits per heavy atom. The number of carboxylic acids is 1. The van der Waals surface area contributed by atoms with Gasteiger partial charge in [0, 0.05) is 13.1 Å². The molecule has 104 valence electrons. The van der Waals surface area contributed by atoms with E-state index in [9.17, 15) is 9.59 Å². The molecule has 0 aliphatic carbocycles. The van der Waals surface area contributed by atoms with Crippen molar-refractivity contribution in [2.24, 2.45) is 0 Å². The van der Waals surface area contributed by atoms with Crippen molar-refractivity contribution in [3.05, 3.63) is 0 Å². The average molecular weight is 273 g/mol. The van der Waals surface area contributed by atoms with Crippen LogP contribution in [0.4, 0.5) is 0 Å². The summed E-state index contributed by atoms with van der Waals surface area (Å²) in [7, 11) is 0. The van der Waals surface area contributed by atoms with E-state index in [2.05, 4.69) is 0 Å². The maximum absolute atomic E-state index is 12.2. The van der Waals surface area contributed by atoms with Crippen LogP contribution in [0.3, 0.4) is 0 Å². The van der Waals surface area contributed by atoms with Crippen molar-refractivity contribution in [2.45, 2.75) is 56.5 Å². The molecule has 2 unspecified atom stereocenters. The van der Waals surface area contributed by atoms with Crippen LogP contribution in [-0.4, -0.2) is 45.5 Å². The van der Waals surface area contributed by atoms with Gasteiger partial charge in [-0.05, 0) is 26.2 Å². The van der Waals surface area contributed by atoms with Gasteiger partial charge in [-0.25, -0.2) is 0 Å². The van der Waals surface area contributed by atoms with Gasteiger partial charge in [0.25, 0.3) is 0 Å². The van der Waals surface area contributed by atoms with E-state index in [1.54, 1.807) is 0 Å². The van der Waals surface area contributed by atoms with E-state index in [0.717, 1.165) is 25.9 Å². The second-order valence-corrected chi connectivity index (χ2v) is 6.30. The fraction of sp³-hybridized carbons (Fsp3) is 0.846. The highest BCUT2D eigenvalue weighted by molar-refractivity contribution is 8.01. The summed E-state index contributed by atoms with van der Waals surface area (Å²) in [4.78, 5) is 25.1. The molecular weight excluding hydrogens is 250 g/mol. The summed E-state index contributed by atoms with van der Waals surface area (Å²) >= 11 is 1.27. The lowest BCUT2D eigenvalue weighted by Crippen LogP contribution is -2.38. The molecule has 0 aromatic heterocycles. The second-order valence-electron chi connectivity index (χ2n) is 4.75. The number of nitrogens with zero attached hydrogens (tertiary/aromatic N) is 1. The molecule has 5 heteroatoms. The summed E-state index contributed by atoms with van der Waals surface area (Å²) in [5.74, 6) is -0.723. The van der Waals surface area contributed by atoms with Gasteiger partial charge in [0.15, 0.2) is 0 Å². The topological polar surface area (TPSA) is 57.6 Å². The smallest absolute Gasteiger partial charge is 0.316 e. The van der Waals surface area contributed by atoms with Gasteiger partial charge in [0.2, 0.25) is 5.91 Å². The lowest BCUT2D eigenvalue weighted by atomic mass is 10.2. The van der Waals surface area contributed by atoms with Crippen LogP contribution in [0.15, 0.2) is 0 Å². The second kappa shape index (κ2) is 7.67. The number of carbonyl (C=O) groups excluding carboxylic acids is 1. The highest BCUT2D eigenvalue weighted by atomic mass is 32.2. The highest BCUT2D eigenvalue weighted by Gasteiger charge is 2.26. The first-order valence-corrected chi connectivity index (χ1v) is 7.67. The maximum atomic E-state index is 12.2. The number of rotatable bonds is 5. The Hall–Kier alpha value is -0.710. The van der Waals surface area contributed by atoms with Gasteiger partial charge in [-0.1, -0.05) is 19.8 Å². The predicted octanol–water partition coefficient (Wildman–Crippen LogP) is 2.37. The molecule has 0 aromatic rings. The molecule has 0 bridgehead atoms. The first-order chi connectivity index (χ1) is 8.56. The maximum Gasteiger partial charge on any atom is 0.316 e. The summed E-state index contributed by atoms with van der Waals surface area (Å²) in [5.41, 5.74) is 0. The van der Waals surface area contributed by atoms with Crippen LogP contribution < -0.4 is 0 Å². The minimum atomic E-state index is -0.821. The number of likely N-dealkylation sites (tertiary alicyclic amines) is 1. The quantitative estimate of drug-likeness (QED) is 0.835. The van der Waals surface area contributed by atoms with Gasteiger partial charge >= 0.3 is 5.97 Å². The standard InChI is InChI=1S/C13H23NO3S/c1-3-11(13(16)17)18-10(2)12(15)14-8-6-4-5-7-9-14/h10-11H,3-9H2,1-2H3,(H,16,17). The molecule has 1 saturated heterocycles. The van der Waals surface area contributed by atoms with E-state index in [1.807, 2.05) is 18.7 Å². The van der Waals surface area contributed by atoms with Crippen LogP contribution in [0, 0.1) is 0 Å². The van der Waals surface area contributed by atoms with Crippen molar-refractivity contribution in [2.75, 3.05) is 13.1 Å². The average Bonchev–Trinajstić information content (AvgIpc) is 2.62. The number of hydrogen-bond donors (Lipinski definition) is 1. The first-order valence-electron chi connectivity index (χ1n) is 6.73. The molecule has 4 nitrogen and oxygen atoms in total. The zero-order chi connectivity index (χ0) is 13.5. The minimum absolute atomic E-state index is 0.0987. The zero-order valence-corrected chi connectivity index (χ0v) is 12.0. The number of amides is 1. The zero-order valence-electron chi connectivity index (χ0n) is 11.2. The summed E-state index contributed by atoms with van der Waals surface area (Å²) in [6.07, 6.45) is 5.08. The normalized spacial score (nSPS) is 20.0. The molecule has 1 amide bonds. The van der Waals surface area contributed by atoms with E-state index in [-0.39, 0.29) is 11.2 Å². The summed E-state index contributed by atoms with van der Waals surface area (Å²) in [6, 6.07) is 0. The van der Waals surface area contributed by atoms with Gasteiger partial charge in [0.1, 0.15) is 5.25 Å². The summed E-state index contributed by atoms with van der Waals surface area (Å²) in [5, 5.41) is 8.28. The van der Waals surface area contributed by atoms with Gasteiger partial charge in [-0.2, -0.15) is 0 Å². The summed E-state index contributed by atoms with van der Waals surface area (Å²) < 4.78 is 0. The van der Waals surface area contributed by atoms with Crippen molar-refractivity contribution in [3.63, 3.8) is 0 Å². The van der Waals surface area contributed by atoms with E-state index >= 15 is 0 Å². The SMILES string of the molecule is CCC(SC(C)C(=O)N1CCCCCC1)C(=O)O. The number of aliphatic carboxylic acids is 1. The molecule has 1 N–H and O–H groups in total. The molecule has 0 saturated carbocycles. The third-order valence-electron chi connectivity index (χ3n) is 3.28. The van der Waals surface area contributed by atoms with E-state index in [0.29, 0.717) is 6.42 Å². The molecule has 0 aromatic carbocycles. The fourth-order valence-electron chi connectivity index (χ4n) is 2.18. The first kappa shape index (κ1) is 15.3. The van der Waals surface area contributed by atoms with Crippen molar-refractivity contribution in [3.8, 4) is 0 Å². The van der Waals surface area contributed by atoms with Crippen molar-refractivity contribution in [1.29, 1.82) is 0 Å². The molecule has 0 radical (unpaired) electrons. The van der Waals surface area contributed by atoms with Gasteiger partial charge in [0.05, 0.1) is 5.25 Å². The van der Waals surface area contributed by atoms with Crippen molar-refractivity contribution < 1.29 is 14.7 Å². The fourth-order valence-corrected chi connectivity index (χ4v) is 3.25. The molecule has 1 rings (SSSR count). The number of carbonyl (C=O) groups is 2. The molecule has 0 spiro atoms. The third kappa shape index (κ3) is 4.52. The minimum Gasteiger partial charge on any atom is -0.480 e. The largest absolute Gasteiger partial charge is 0.480 e. The van der Waals surface area contributed by atoms with Gasteiger partial charge in [-0.3, -0.25) is 9.59 Å². The predicted molar refractivity (Wildman–Crippen MR) is 73.8 cm³/mol. The molecule has 18 heavy (non-hydrogen) atoms. The van der Waals surface area contributed by atoms with Gasteiger partial charge < -0.3 is 10.0 Å². The van der Waals surface area contributed by atoms with Crippen LogP contribution in [-0.2, 0) is 9.59 Å². The van der Waals surface area contributed by atoms with Gasteiger partial charge in [-0.15, -0.1) is 11.8 Å². The Labute approximate surface area is 113 Å². The van der Waals surface area contributed by atoms with Crippen molar-refractivity contribution >= 4 is 23.6 Å².